The third kappa shape index (κ3) is 1.79. The highest BCUT2D eigenvalue weighted by molar-refractivity contribution is 5.84. The van der Waals surface area contributed by atoms with Crippen molar-refractivity contribution in [3.8, 4) is 0 Å². The molecule has 0 fully saturated rings. The van der Waals surface area contributed by atoms with Crippen molar-refractivity contribution in [2.24, 2.45) is 0 Å². The second-order valence-corrected chi connectivity index (χ2v) is 4.47. The van der Waals surface area contributed by atoms with Gasteiger partial charge in [0.25, 0.3) is 0 Å². The Labute approximate surface area is 91.5 Å². The fourth-order valence-electron chi connectivity index (χ4n) is 2.23. The largest absolute Gasteiger partial charge is 0.358 e. The lowest BCUT2D eigenvalue weighted by molar-refractivity contribution is 0.802. The van der Waals surface area contributed by atoms with Crippen LogP contribution in [-0.4, -0.2) is 4.98 Å². The molecule has 0 aliphatic rings. The Balaban J connectivity index is 2.63. The van der Waals surface area contributed by atoms with Crippen LogP contribution in [0.4, 0.5) is 0 Å². The number of fused-ring (bicyclic) bond motifs is 1. The number of H-pyrrole nitrogens is 1. The summed E-state index contributed by atoms with van der Waals surface area (Å²) < 4.78 is 0. The molecule has 0 unspecified atom stereocenters. The second-order valence-electron chi connectivity index (χ2n) is 4.47. The molecule has 1 nitrogen and oxygen atoms in total. The van der Waals surface area contributed by atoms with E-state index in [1.807, 2.05) is 0 Å². The van der Waals surface area contributed by atoms with Gasteiger partial charge in [0, 0.05) is 16.6 Å². The molecule has 1 aromatic carbocycles. The molecule has 1 heterocycles. The molecule has 15 heavy (non-hydrogen) atoms. The summed E-state index contributed by atoms with van der Waals surface area (Å²) in [6.45, 7) is 6.75. The van der Waals surface area contributed by atoms with Crippen LogP contribution in [-0.2, 0) is 6.42 Å². The van der Waals surface area contributed by atoms with E-state index >= 15 is 0 Å². The number of nitrogens with one attached hydrogen (secondary N) is 1. The monoisotopic (exact) mass is 201 g/mol. The van der Waals surface area contributed by atoms with Gasteiger partial charge in [0.05, 0.1) is 0 Å². The first-order valence-electron chi connectivity index (χ1n) is 5.83. The molecule has 2 aromatic rings. The highest BCUT2D eigenvalue weighted by atomic mass is 14.7. The lowest BCUT2D eigenvalue weighted by Gasteiger charge is -2.06. The number of aromatic amines is 1. The molecule has 0 saturated heterocycles. The Morgan fingerprint density at radius 2 is 1.93 bits per heavy atom. The summed E-state index contributed by atoms with van der Waals surface area (Å²) in [5.74, 6) is 0.582. The van der Waals surface area contributed by atoms with Gasteiger partial charge in [0.15, 0.2) is 0 Å². The zero-order valence-corrected chi connectivity index (χ0v) is 9.80. The summed E-state index contributed by atoms with van der Waals surface area (Å²) in [6, 6.07) is 8.61. The van der Waals surface area contributed by atoms with Crippen molar-refractivity contribution in [3.05, 3.63) is 35.5 Å². The molecule has 0 atom stereocenters. The molecule has 0 bridgehead atoms. The molecule has 0 aliphatic heterocycles. The van der Waals surface area contributed by atoms with Gasteiger partial charge in [-0.2, -0.15) is 0 Å². The van der Waals surface area contributed by atoms with Crippen molar-refractivity contribution in [3.63, 3.8) is 0 Å². The minimum absolute atomic E-state index is 0.582. The van der Waals surface area contributed by atoms with E-state index in [1.165, 1.54) is 35.0 Å². The maximum Gasteiger partial charge on any atom is 0.0459 e. The highest BCUT2D eigenvalue weighted by Crippen LogP contribution is 2.28. The predicted octanol–water partition coefficient (Wildman–Crippen LogP) is 4.24. The van der Waals surface area contributed by atoms with E-state index in [4.69, 9.17) is 0 Å². The average Bonchev–Trinajstić information content (AvgIpc) is 2.58. The molecule has 0 saturated carbocycles. The maximum absolute atomic E-state index is 3.55. The van der Waals surface area contributed by atoms with E-state index in [2.05, 4.69) is 50.0 Å². The van der Waals surface area contributed by atoms with E-state index in [-0.39, 0.29) is 0 Å². The van der Waals surface area contributed by atoms with Crippen LogP contribution in [0.2, 0.25) is 0 Å². The van der Waals surface area contributed by atoms with Gasteiger partial charge in [-0.1, -0.05) is 45.4 Å². The summed E-state index contributed by atoms with van der Waals surface area (Å²) in [7, 11) is 0. The second kappa shape index (κ2) is 4.09. The molecular weight excluding hydrogens is 182 g/mol. The third-order valence-electron chi connectivity index (χ3n) is 2.92. The van der Waals surface area contributed by atoms with Gasteiger partial charge < -0.3 is 4.98 Å². The number of para-hydroxylation sites is 1. The number of aromatic nitrogens is 1. The third-order valence-corrected chi connectivity index (χ3v) is 2.92. The van der Waals surface area contributed by atoms with Crippen molar-refractivity contribution < 1.29 is 0 Å². The number of aryl methyl sites for hydroxylation is 1. The van der Waals surface area contributed by atoms with Crippen molar-refractivity contribution in [2.45, 2.75) is 39.5 Å². The Morgan fingerprint density at radius 3 is 2.60 bits per heavy atom. The lowest BCUT2D eigenvalue weighted by atomic mass is 10.00. The van der Waals surface area contributed by atoms with Gasteiger partial charge in [-0.15, -0.1) is 0 Å². The first-order chi connectivity index (χ1) is 7.24. The fraction of sp³-hybridized carbons (Fsp3) is 0.429. The van der Waals surface area contributed by atoms with Crippen LogP contribution in [0, 0.1) is 0 Å². The van der Waals surface area contributed by atoms with Crippen molar-refractivity contribution in [2.75, 3.05) is 0 Å². The van der Waals surface area contributed by atoms with Crippen molar-refractivity contribution in [1.82, 2.24) is 4.98 Å². The van der Waals surface area contributed by atoms with E-state index in [0.29, 0.717) is 5.92 Å². The Morgan fingerprint density at radius 1 is 1.20 bits per heavy atom. The molecule has 1 heteroatoms. The van der Waals surface area contributed by atoms with E-state index in [0.717, 1.165) is 0 Å². The molecule has 2 rings (SSSR count). The normalized spacial score (nSPS) is 11.5. The maximum atomic E-state index is 3.55. The molecule has 0 radical (unpaired) electrons. The number of rotatable bonds is 3. The molecule has 1 N–H and O–H groups in total. The smallest absolute Gasteiger partial charge is 0.0459 e. The molecule has 0 amide bonds. The summed E-state index contributed by atoms with van der Waals surface area (Å²) in [5.41, 5.74) is 4.21. The van der Waals surface area contributed by atoms with Crippen LogP contribution in [0.25, 0.3) is 10.9 Å². The molecular formula is C14H19N. The standard InChI is InChI=1S/C14H19N/c1-4-7-12-11-8-5-6-9-13(11)15-14(12)10(2)3/h5-6,8-10,15H,4,7H2,1-3H3. The van der Waals surface area contributed by atoms with Crippen LogP contribution in [0.5, 0.6) is 0 Å². The SMILES string of the molecule is CCCc1c(C(C)C)[nH]c2ccccc12. The molecule has 1 aromatic heterocycles. The first-order valence-corrected chi connectivity index (χ1v) is 5.83. The quantitative estimate of drug-likeness (QED) is 0.764. The van der Waals surface area contributed by atoms with Gasteiger partial charge >= 0.3 is 0 Å². The van der Waals surface area contributed by atoms with Crippen molar-refractivity contribution >= 4 is 10.9 Å². The highest BCUT2D eigenvalue weighted by Gasteiger charge is 2.12. The molecule has 0 spiro atoms. The van der Waals surface area contributed by atoms with Crippen LogP contribution in [0.15, 0.2) is 24.3 Å². The number of benzene rings is 1. The van der Waals surface area contributed by atoms with Crippen LogP contribution >= 0.6 is 0 Å². The van der Waals surface area contributed by atoms with Crippen LogP contribution in [0.3, 0.4) is 0 Å². The lowest BCUT2D eigenvalue weighted by Crippen LogP contribution is -1.93. The number of hydrogen-bond acceptors (Lipinski definition) is 0. The Kier molecular flexibility index (Phi) is 2.81. The summed E-state index contributed by atoms with van der Waals surface area (Å²) >= 11 is 0. The van der Waals surface area contributed by atoms with Crippen molar-refractivity contribution in [1.29, 1.82) is 0 Å². The summed E-state index contributed by atoms with van der Waals surface area (Å²) in [4.78, 5) is 3.55. The van der Waals surface area contributed by atoms with Gasteiger partial charge in [-0.3, -0.25) is 0 Å². The van der Waals surface area contributed by atoms with E-state index in [1.54, 1.807) is 0 Å². The average molecular weight is 201 g/mol. The van der Waals surface area contributed by atoms with E-state index in [9.17, 15) is 0 Å². The van der Waals surface area contributed by atoms with Crippen LogP contribution < -0.4 is 0 Å². The molecule has 0 aliphatic carbocycles. The predicted molar refractivity (Wildman–Crippen MR) is 66.4 cm³/mol. The van der Waals surface area contributed by atoms with Crippen LogP contribution in [0.1, 0.15) is 44.4 Å². The topological polar surface area (TPSA) is 15.8 Å². The van der Waals surface area contributed by atoms with Gasteiger partial charge in [0.1, 0.15) is 0 Å². The molecule has 80 valence electrons. The number of hydrogen-bond donors (Lipinski definition) is 1. The zero-order valence-electron chi connectivity index (χ0n) is 9.80. The van der Waals surface area contributed by atoms with E-state index < -0.39 is 0 Å². The van der Waals surface area contributed by atoms with Gasteiger partial charge in [0.2, 0.25) is 0 Å². The Bertz CT molecular complexity index is 451. The summed E-state index contributed by atoms with van der Waals surface area (Å²) in [6.07, 6.45) is 2.39. The summed E-state index contributed by atoms with van der Waals surface area (Å²) in [5, 5.41) is 1.41. The first kappa shape index (κ1) is 10.3. The Hall–Kier alpha value is -1.24. The minimum Gasteiger partial charge on any atom is -0.358 e. The fourth-order valence-corrected chi connectivity index (χ4v) is 2.23. The van der Waals surface area contributed by atoms with Gasteiger partial charge in [-0.05, 0) is 24.0 Å². The minimum atomic E-state index is 0.582. The zero-order chi connectivity index (χ0) is 10.8. The van der Waals surface area contributed by atoms with Gasteiger partial charge in [-0.25, -0.2) is 0 Å².